The number of hydrogen-bond donors (Lipinski definition) is 1. The van der Waals surface area contributed by atoms with E-state index >= 15 is 0 Å². The summed E-state index contributed by atoms with van der Waals surface area (Å²) in [6.45, 7) is 3.18. The minimum atomic E-state index is 0.0457. The Morgan fingerprint density at radius 3 is 2.54 bits per heavy atom. The van der Waals surface area contributed by atoms with Crippen molar-refractivity contribution in [2.45, 2.75) is 32.5 Å². The molecular formula is C23H24N2O. The third kappa shape index (κ3) is 3.85. The summed E-state index contributed by atoms with van der Waals surface area (Å²) in [4.78, 5) is 6.95. The van der Waals surface area contributed by atoms with Crippen LogP contribution in [0.3, 0.4) is 0 Å². The second-order valence-electron chi connectivity index (χ2n) is 6.99. The number of benzene rings is 2. The summed E-state index contributed by atoms with van der Waals surface area (Å²) >= 11 is 0. The van der Waals surface area contributed by atoms with Crippen molar-refractivity contribution in [3.63, 3.8) is 0 Å². The molecule has 132 valence electrons. The molecule has 0 atom stereocenters. The molecule has 0 spiro atoms. The first kappa shape index (κ1) is 17.0. The van der Waals surface area contributed by atoms with E-state index in [1.807, 2.05) is 12.1 Å². The van der Waals surface area contributed by atoms with Gasteiger partial charge in [-0.2, -0.15) is 0 Å². The van der Waals surface area contributed by atoms with Gasteiger partial charge in [-0.3, -0.25) is 9.88 Å². The standard InChI is InChI=1S/C23H24N2O/c26-17-19-11-12-24-23(14-19)21-9-7-18(8-10-21)15-25-13-3-6-20-4-1-2-5-22(20)16-25/h1-2,4-5,7-12,14,26H,3,6,13,15-17H2. The molecule has 3 heteroatoms. The van der Waals surface area contributed by atoms with Crippen LogP contribution < -0.4 is 0 Å². The minimum Gasteiger partial charge on any atom is -0.392 e. The van der Waals surface area contributed by atoms with Crippen LogP contribution in [0.1, 0.15) is 28.7 Å². The zero-order valence-electron chi connectivity index (χ0n) is 14.9. The highest BCUT2D eigenvalue weighted by atomic mass is 16.3. The van der Waals surface area contributed by atoms with Crippen LogP contribution in [-0.4, -0.2) is 21.5 Å². The van der Waals surface area contributed by atoms with Gasteiger partial charge in [0.1, 0.15) is 0 Å². The van der Waals surface area contributed by atoms with Crippen molar-refractivity contribution in [3.05, 3.63) is 89.1 Å². The van der Waals surface area contributed by atoms with Crippen molar-refractivity contribution in [2.24, 2.45) is 0 Å². The fraction of sp³-hybridized carbons (Fsp3) is 0.261. The van der Waals surface area contributed by atoms with Gasteiger partial charge in [0.05, 0.1) is 12.3 Å². The van der Waals surface area contributed by atoms with E-state index in [1.165, 1.54) is 29.5 Å². The van der Waals surface area contributed by atoms with E-state index in [9.17, 15) is 5.11 Å². The zero-order chi connectivity index (χ0) is 17.8. The lowest BCUT2D eigenvalue weighted by Gasteiger charge is -2.20. The number of hydrogen-bond acceptors (Lipinski definition) is 3. The molecule has 0 fully saturated rings. The van der Waals surface area contributed by atoms with Crippen molar-refractivity contribution in [1.82, 2.24) is 9.88 Å². The molecule has 3 nitrogen and oxygen atoms in total. The van der Waals surface area contributed by atoms with Crippen molar-refractivity contribution in [1.29, 1.82) is 0 Å². The van der Waals surface area contributed by atoms with Crippen LogP contribution in [0.25, 0.3) is 11.3 Å². The predicted molar refractivity (Wildman–Crippen MR) is 104 cm³/mol. The fourth-order valence-corrected chi connectivity index (χ4v) is 3.67. The van der Waals surface area contributed by atoms with Crippen LogP contribution in [-0.2, 0) is 26.1 Å². The third-order valence-electron chi connectivity index (χ3n) is 5.10. The Labute approximate surface area is 155 Å². The number of aliphatic hydroxyl groups excluding tert-OH is 1. The Balaban J connectivity index is 1.47. The molecule has 4 rings (SSSR count). The van der Waals surface area contributed by atoms with E-state index in [1.54, 1.807) is 6.20 Å². The quantitative estimate of drug-likeness (QED) is 0.771. The van der Waals surface area contributed by atoms with E-state index in [2.05, 4.69) is 58.4 Å². The van der Waals surface area contributed by atoms with Crippen LogP contribution in [0.5, 0.6) is 0 Å². The Morgan fingerprint density at radius 2 is 1.73 bits per heavy atom. The Bertz CT molecular complexity index is 873. The monoisotopic (exact) mass is 344 g/mol. The molecule has 0 aliphatic carbocycles. The maximum absolute atomic E-state index is 9.29. The first-order valence-electron chi connectivity index (χ1n) is 9.26. The predicted octanol–water partition coefficient (Wildman–Crippen LogP) is 4.19. The Hall–Kier alpha value is -2.49. The molecule has 26 heavy (non-hydrogen) atoms. The lowest BCUT2D eigenvalue weighted by molar-refractivity contribution is 0.261. The number of nitrogens with zero attached hydrogens (tertiary/aromatic N) is 2. The van der Waals surface area contributed by atoms with Crippen LogP contribution >= 0.6 is 0 Å². The summed E-state index contributed by atoms with van der Waals surface area (Å²) < 4.78 is 0. The molecule has 1 N–H and O–H groups in total. The highest BCUT2D eigenvalue weighted by molar-refractivity contribution is 5.60. The van der Waals surface area contributed by atoms with E-state index < -0.39 is 0 Å². The molecule has 1 aliphatic rings. The van der Waals surface area contributed by atoms with Gasteiger partial charge < -0.3 is 5.11 Å². The molecule has 0 radical (unpaired) electrons. The molecule has 1 aromatic heterocycles. The summed E-state index contributed by atoms with van der Waals surface area (Å²) in [7, 11) is 0. The van der Waals surface area contributed by atoms with E-state index in [0.29, 0.717) is 0 Å². The van der Waals surface area contributed by atoms with Gasteiger partial charge in [0.25, 0.3) is 0 Å². The highest BCUT2D eigenvalue weighted by Gasteiger charge is 2.14. The van der Waals surface area contributed by atoms with Gasteiger partial charge in [0, 0.05) is 24.8 Å². The number of aryl methyl sites for hydroxylation is 1. The number of fused-ring (bicyclic) bond motifs is 1. The largest absolute Gasteiger partial charge is 0.392 e. The number of rotatable bonds is 4. The fourth-order valence-electron chi connectivity index (χ4n) is 3.67. The van der Waals surface area contributed by atoms with Crippen LogP contribution in [0.2, 0.25) is 0 Å². The first-order valence-corrected chi connectivity index (χ1v) is 9.26. The van der Waals surface area contributed by atoms with Gasteiger partial charge in [0.2, 0.25) is 0 Å². The van der Waals surface area contributed by atoms with Gasteiger partial charge in [0.15, 0.2) is 0 Å². The van der Waals surface area contributed by atoms with Crippen molar-refractivity contribution >= 4 is 0 Å². The smallest absolute Gasteiger partial charge is 0.0705 e. The molecule has 0 saturated heterocycles. The van der Waals surface area contributed by atoms with Gasteiger partial charge in [-0.1, -0.05) is 48.5 Å². The van der Waals surface area contributed by atoms with Crippen LogP contribution in [0.15, 0.2) is 66.9 Å². The average Bonchev–Trinajstić information content (AvgIpc) is 2.90. The van der Waals surface area contributed by atoms with Crippen LogP contribution in [0.4, 0.5) is 0 Å². The average molecular weight is 344 g/mol. The lowest BCUT2D eigenvalue weighted by Crippen LogP contribution is -2.22. The molecule has 2 heterocycles. The lowest BCUT2D eigenvalue weighted by atomic mass is 10.0. The first-order chi connectivity index (χ1) is 12.8. The normalized spacial score (nSPS) is 14.7. The number of aromatic nitrogens is 1. The number of pyridine rings is 1. The summed E-state index contributed by atoms with van der Waals surface area (Å²) in [6.07, 6.45) is 4.15. The maximum Gasteiger partial charge on any atom is 0.0705 e. The van der Waals surface area contributed by atoms with E-state index in [4.69, 9.17) is 0 Å². The summed E-state index contributed by atoms with van der Waals surface area (Å²) in [6, 6.07) is 21.2. The van der Waals surface area contributed by atoms with E-state index in [-0.39, 0.29) is 6.61 Å². The van der Waals surface area contributed by atoms with Gasteiger partial charge in [-0.15, -0.1) is 0 Å². The molecule has 3 aromatic rings. The second kappa shape index (κ2) is 7.81. The molecular weight excluding hydrogens is 320 g/mol. The molecule has 1 aliphatic heterocycles. The number of aliphatic hydroxyl groups is 1. The molecule has 0 saturated carbocycles. The summed E-state index contributed by atoms with van der Waals surface area (Å²) in [5.74, 6) is 0. The zero-order valence-corrected chi connectivity index (χ0v) is 14.9. The molecule has 2 aromatic carbocycles. The maximum atomic E-state index is 9.29. The Morgan fingerprint density at radius 1 is 0.923 bits per heavy atom. The molecule has 0 amide bonds. The Kier molecular flexibility index (Phi) is 5.09. The molecule has 0 bridgehead atoms. The topological polar surface area (TPSA) is 36.4 Å². The van der Waals surface area contributed by atoms with E-state index in [0.717, 1.165) is 36.5 Å². The SMILES string of the molecule is OCc1ccnc(-c2ccc(CN3CCCc4ccccc4C3)cc2)c1. The molecule has 0 unspecified atom stereocenters. The highest BCUT2D eigenvalue weighted by Crippen LogP contribution is 2.22. The summed E-state index contributed by atoms with van der Waals surface area (Å²) in [5.41, 5.74) is 7.18. The van der Waals surface area contributed by atoms with Crippen LogP contribution in [0, 0.1) is 0 Å². The van der Waals surface area contributed by atoms with Gasteiger partial charge in [-0.25, -0.2) is 0 Å². The van der Waals surface area contributed by atoms with Crippen molar-refractivity contribution in [2.75, 3.05) is 6.54 Å². The van der Waals surface area contributed by atoms with Gasteiger partial charge >= 0.3 is 0 Å². The summed E-state index contributed by atoms with van der Waals surface area (Å²) in [5, 5.41) is 9.29. The van der Waals surface area contributed by atoms with Gasteiger partial charge in [-0.05, 0) is 53.8 Å². The second-order valence-corrected chi connectivity index (χ2v) is 6.99. The van der Waals surface area contributed by atoms with Crippen molar-refractivity contribution in [3.8, 4) is 11.3 Å². The minimum absolute atomic E-state index is 0.0457. The van der Waals surface area contributed by atoms with Crippen molar-refractivity contribution < 1.29 is 5.11 Å². The third-order valence-corrected chi connectivity index (χ3v) is 5.10.